The number of halogens is 2. The molecule has 33 heavy (non-hydrogen) atoms. The van der Waals surface area contributed by atoms with Crippen molar-refractivity contribution in [3.05, 3.63) is 74.5 Å². The van der Waals surface area contributed by atoms with Gasteiger partial charge in [-0.1, -0.05) is 6.92 Å². The number of benzene rings is 1. The van der Waals surface area contributed by atoms with E-state index in [9.17, 15) is 14.4 Å². The van der Waals surface area contributed by atoms with Crippen LogP contribution in [0, 0.1) is 24.1 Å². The lowest BCUT2D eigenvalue weighted by Gasteiger charge is -2.23. The summed E-state index contributed by atoms with van der Waals surface area (Å²) in [5.74, 6) is 0.220. The minimum Gasteiger partial charge on any atom is -0.382 e. The van der Waals surface area contributed by atoms with Crippen molar-refractivity contribution >= 4 is 38.5 Å². The van der Waals surface area contributed by atoms with Crippen LogP contribution in [0.4, 0.5) is 16.0 Å². The van der Waals surface area contributed by atoms with Crippen LogP contribution >= 0.6 is 15.9 Å². The highest BCUT2D eigenvalue weighted by Gasteiger charge is 2.24. The highest BCUT2D eigenvalue weighted by molar-refractivity contribution is 9.10. The van der Waals surface area contributed by atoms with E-state index >= 15 is 0 Å². The number of nitrogens with one attached hydrogen (secondary N) is 1. The van der Waals surface area contributed by atoms with Gasteiger partial charge in [-0.2, -0.15) is 5.26 Å². The molecular formula is C22H18BrFN8O. The molecule has 0 aliphatic heterocycles. The van der Waals surface area contributed by atoms with E-state index in [-0.39, 0.29) is 33.9 Å². The molecule has 0 unspecified atom stereocenters. The van der Waals surface area contributed by atoms with Gasteiger partial charge < -0.3 is 11.1 Å². The summed E-state index contributed by atoms with van der Waals surface area (Å²) in [6.45, 7) is 3.51. The Morgan fingerprint density at radius 3 is 2.76 bits per heavy atom. The Morgan fingerprint density at radius 1 is 1.30 bits per heavy atom. The van der Waals surface area contributed by atoms with Gasteiger partial charge in [-0.15, -0.1) is 0 Å². The summed E-state index contributed by atoms with van der Waals surface area (Å²) in [6.07, 6.45) is 3.53. The number of pyridine rings is 1. The molecule has 1 aromatic carbocycles. The third-order valence-corrected chi connectivity index (χ3v) is 5.71. The second kappa shape index (κ2) is 8.91. The van der Waals surface area contributed by atoms with Gasteiger partial charge in [0.15, 0.2) is 5.82 Å². The maximum atomic E-state index is 14.7. The maximum Gasteiger partial charge on any atom is 0.267 e. The number of nitrogens with zero attached hydrogens (tertiary/aromatic N) is 6. The fourth-order valence-corrected chi connectivity index (χ4v) is 4.02. The van der Waals surface area contributed by atoms with Crippen LogP contribution in [0.25, 0.3) is 16.6 Å². The monoisotopic (exact) mass is 508 g/mol. The second-order valence-electron chi connectivity index (χ2n) is 7.17. The summed E-state index contributed by atoms with van der Waals surface area (Å²) in [7, 11) is 0. The summed E-state index contributed by atoms with van der Waals surface area (Å²) >= 11 is 3.34. The minimum absolute atomic E-state index is 0.0356. The van der Waals surface area contributed by atoms with Crippen LogP contribution in [0.2, 0.25) is 0 Å². The van der Waals surface area contributed by atoms with E-state index in [4.69, 9.17) is 5.73 Å². The molecule has 3 heterocycles. The number of nitrogens with two attached hydrogens (primary N) is 1. The van der Waals surface area contributed by atoms with Crippen molar-refractivity contribution in [1.29, 1.82) is 5.26 Å². The van der Waals surface area contributed by atoms with Crippen molar-refractivity contribution in [1.82, 2.24) is 24.5 Å². The van der Waals surface area contributed by atoms with Crippen LogP contribution in [0.3, 0.4) is 0 Å². The Hall–Kier alpha value is -3.91. The first-order chi connectivity index (χ1) is 15.8. The Kier molecular flexibility index (Phi) is 6.02. The van der Waals surface area contributed by atoms with Crippen molar-refractivity contribution in [3.63, 3.8) is 0 Å². The van der Waals surface area contributed by atoms with Crippen LogP contribution in [0.1, 0.15) is 36.6 Å². The fourth-order valence-electron chi connectivity index (χ4n) is 3.53. The quantitative estimate of drug-likeness (QED) is 0.415. The number of anilines is 2. The molecule has 9 nitrogen and oxygen atoms in total. The first-order valence-electron chi connectivity index (χ1n) is 9.97. The lowest BCUT2D eigenvalue weighted by molar-refractivity contribution is 0.624. The van der Waals surface area contributed by atoms with Crippen LogP contribution in [-0.4, -0.2) is 24.5 Å². The SMILES string of the molecule is CC[C@H](Nc1nc(C)nc(N)c1C#N)c1nc2c(F)ccc(Br)c2c(=O)n1-c1cccnc1. The van der Waals surface area contributed by atoms with Crippen molar-refractivity contribution in [3.8, 4) is 11.8 Å². The molecule has 0 radical (unpaired) electrons. The van der Waals surface area contributed by atoms with E-state index in [0.717, 1.165) is 0 Å². The zero-order valence-corrected chi connectivity index (χ0v) is 19.3. The van der Waals surface area contributed by atoms with Crippen LogP contribution in [-0.2, 0) is 0 Å². The normalized spacial score (nSPS) is 11.8. The van der Waals surface area contributed by atoms with Crippen LogP contribution in [0.5, 0.6) is 0 Å². The van der Waals surface area contributed by atoms with Gasteiger partial charge in [0.25, 0.3) is 5.56 Å². The molecule has 3 N–H and O–H groups in total. The average molecular weight is 509 g/mol. The molecule has 4 rings (SSSR count). The summed E-state index contributed by atoms with van der Waals surface area (Å²) < 4.78 is 16.5. The zero-order valence-electron chi connectivity index (χ0n) is 17.7. The lowest BCUT2D eigenvalue weighted by Crippen LogP contribution is -2.29. The summed E-state index contributed by atoms with van der Waals surface area (Å²) in [5, 5.41) is 12.8. The number of nitriles is 1. The summed E-state index contributed by atoms with van der Waals surface area (Å²) in [6, 6.07) is 7.48. The fraction of sp³-hybridized carbons (Fsp3) is 0.182. The number of hydrogen-bond acceptors (Lipinski definition) is 8. The first kappa shape index (κ1) is 22.3. The molecule has 0 fully saturated rings. The second-order valence-corrected chi connectivity index (χ2v) is 8.03. The van der Waals surface area contributed by atoms with Gasteiger partial charge in [-0.3, -0.25) is 14.3 Å². The van der Waals surface area contributed by atoms with Crippen molar-refractivity contribution in [2.75, 3.05) is 11.1 Å². The van der Waals surface area contributed by atoms with E-state index in [0.29, 0.717) is 22.4 Å². The predicted molar refractivity (Wildman–Crippen MR) is 125 cm³/mol. The molecule has 1 atom stereocenters. The molecule has 0 amide bonds. The average Bonchev–Trinajstić information content (AvgIpc) is 2.80. The maximum absolute atomic E-state index is 14.7. The van der Waals surface area contributed by atoms with Gasteiger partial charge in [0.05, 0.1) is 23.3 Å². The molecular weight excluding hydrogens is 491 g/mol. The molecule has 0 saturated heterocycles. The van der Waals surface area contributed by atoms with Crippen LogP contribution < -0.4 is 16.6 Å². The van der Waals surface area contributed by atoms with Gasteiger partial charge >= 0.3 is 0 Å². The molecule has 166 valence electrons. The van der Waals surface area contributed by atoms with Gasteiger partial charge in [0, 0.05) is 10.7 Å². The van der Waals surface area contributed by atoms with Crippen molar-refractivity contribution < 1.29 is 4.39 Å². The van der Waals surface area contributed by atoms with Crippen molar-refractivity contribution in [2.24, 2.45) is 0 Å². The topological polar surface area (TPSA) is 135 Å². The number of aryl methyl sites for hydroxylation is 1. The number of nitrogen functional groups attached to an aromatic ring is 1. The number of rotatable bonds is 5. The van der Waals surface area contributed by atoms with E-state index < -0.39 is 17.4 Å². The predicted octanol–water partition coefficient (Wildman–Crippen LogP) is 3.80. The van der Waals surface area contributed by atoms with Crippen molar-refractivity contribution in [2.45, 2.75) is 26.3 Å². The first-order valence-corrected chi connectivity index (χ1v) is 10.8. The van der Waals surface area contributed by atoms with E-state index in [2.05, 4.69) is 41.2 Å². The standard InChI is InChI=1S/C22H18BrFN8O/c1-3-16(30-20-13(9-25)19(26)28-11(2)29-20)21-31-18-15(24)7-6-14(23)17(18)22(33)32(21)12-5-4-8-27-10-12/h4-8,10,16H,3H2,1-2H3,(H3,26,28,29,30)/t16-/m0/s1. The summed E-state index contributed by atoms with van der Waals surface area (Å²) in [4.78, 5) is 30.6. The summed E-state index contributed by atoms with van der Waals surface area (Å²) in [5.41, 5.74) is 5.90. The molecule has 0 bridgehead atoms. The number of hydrogen-bond donors (Lipinski definition) is 2. The zero-order chi connectivity index (χ0) is 23.7. The Balaban J connectivity index is 2.01. The Labute approximate surface area is 196 Å². The van der Waals surface area contributed by atoms with E-state index in [1.807, 2.05) is 13.0 Å². The highest BCUT2D eigenvalue weighted by atomic mass is 79.9. The number of aromatic nitrogens is 5. The smallest absolute Gasteiger partial charge is 0.267 e. The van der Waals surface area contributed by atoms with Gasteiger partial charge in [-0.25, -0.2) is 19.3 Å². The third-order valence-electron chi connectivity index (χ3n) is 5.05. The molecule has 0 spiro atoms. The van der Waals surface area contributed by atoms with E-state index in [1.165, 1.54) is 22.9 Å². The molecule has 0 aliphatic rings. The molecule has 0 saturated carbocycles. The van der Waals surface area contributed by atoms with Gasteiger partial charge in [-0.05, 0) is 53.5 Å². The van der Waals surface area contributed by atoms with E-state index in [1.54, 1.807) is 25.3 Å². The van der Waals surface area contributed by atoms with Gasteiger partial charge in [0.1, 0.15) is 40.4 Å². The molecule has 11 heteroatoms. The molecule has 0 aliphatic carbocycles. The highest BCUT2D eigenvalue weighted by Crippen LogP contribution is 2.29. The minimum atomic E-state index is -0.625. The van der Waals surface area contributed by atoms with Gasteiger partial charge in [0.2, 0.25) is 0 Å². The Morgan fingerprint density at radius 2 is 2.09 bits per heavy atom. The third kappa shape index (κ3) is 4.01. The number of fused-ring (bicyclic) bond motifs is 1. The molecule has 3 aromatic heterocycles. The largest absolute Gasteiger partial charge is 0.382 e. The molecule has 4 aromatic rings. The van der Waals surface area contributed by atoms with Crippen LogP contribution in [0.15, 0.2) is 45.9 Å². The Bertz CT molecular complexity index is 1470. The lowest BCUT2D eigenvalue weighted by atomic mass is 10.1.